The number of nitrogens with zero attached hydrogens (tertiary/aromatic N) is 2. The number of thiophene rings is 1. The lowest BCUT2D eigenvalue weighted by Crippen LogP contribution is -2.11. The van der Waals surface area contributed by atoms with Crippen molar-refractivity contribution in [1.29, 1.82) is 0 Å². The second kappa shape index (κ2) is 7.37. The van der Waals surface area contributed by atoms with E-state index in [2.05, 4.69) is 15.3 Å². The molecule has 2 aromatic rings. The molecule has 2 heterocycles. The van der Waals surface area contributed by atoms with Crippen molar-refractivity contribution in [2.45, 2.75) is 6.92 Å². The standard InChI is InChI=1S/C13H19N3O3S/c1-9-8-10-11(19-7-6-18-5-4-17-3)15-13(14-2)16-12(10)20-9/h8H,4-7H2,1-3H3,(H,14,15,16). The van der Waals surface area contributed by atoms with Crippen LogP contribution in [0.25, 0.3) is 10.2 Å². The topological polar surface area (TPSA) is 65.5 Å². The van der Waals surface area contributed by atoms with Gasteiger partial charge >= 0.3 is 0 Å². The zero-order chi connectivity index (χ0) is 14.4. The smallest absolute Gasteiger partial charge is 0.227 e. The van der Waals surface area contributed by atoms with E-state index in [-0.39, 0.29) is 0 Å². The number of ether oxygens (including phenoxy) is 3. The number of hydrogen-bond acceptors (Lipinski definition) is 7. The third kappa shape index (κ3) is 3.78. The van der Waals surface area contributed by atoms with Gasteiger partial charge in [0.2, 0.25) is 11.8 Å². The molecule has 0 saturated heterocycles. The number of hydrogen-bond donors (Lipinski definition) is 1. The summed E-state index contributed by atoms with van der Waals surface area (Å²) in [6, 6.07) is 2.04. The number of nitrogens with one attached hydrogen (secondary N) is 1. The van der Waals surface area contributed by atoms with E-state index >= 15 is 0 Å². The zero-order valence-electron chi connectivity index (χ0n) is 11.9. The highest BCUT2D eigenvalue weighted by Crippen LogP contribution is 2.30. The molecule has 0 aliphatic heterocycles. The molecule has 0 radical (unpaired) electrons. The summed E-state index contributed by atoms with van der Waals surface area (Å²) < 4.78 is 16.0. The fourth-order valence-corrected chi connectivity index (χ4v) is 2.55. The van der Waals surface area contributed by atoms with E-state index < -0.39 is 0 Å². The molecule has 0 saturated carbocycles. The van der Waals surface area contributed by atoms with Gasteiger partial charge in [-0.05, 0) is 13.0 Å². The van der Waals surface area contributed by atoms with Crippen LogP contribution in [0, 0.1) is 6.92 Å². The van der Waals surface area contributed by atoms with Crippen LogP contribution in [0.1, 0.15) is 4.88 Å². The van der Waals surface area contributed by atoms with Crippen LogP contribution in [-0.2, 0) is 9.47 Å². The Hall–Kier alpha value is -1.44. The lowest BCUT2D eigenvalue weighted by atomic mass is 10.3. The summed E-state index contributed by atoms with van der Waals surface area (Å²) in [5.41, 5.74) is 0. The maximum absolute atomic E-state index is 5.71. The van der Waals surface area contributed by atoms with E-state index in [1.807, 2.05) is 13.0 Å². The van der Waals surface area contributed by atoms with Gasteiger partial charge in [-0.2, -0.15) is 4.98 Å². The van der Waals surface area contributed by atoms with Gasteiger partial charge in [0.1, 0.15) is 11.4 Å². The van der Waals surface area contributed by atoms with Crippen LogP contribution < -0.4 is 10.1 Å². The van der Waals surface area contributed by atoms with E-state index in [1.54, 1.807) is 25.5 Å². The SMILES string of the molecule is CNc1nc(OCCOCCOC)c2cc(C)sc2n1. The Balaban J connectivity index is 2.00. The third-order valence-corrected chi connectivity index (χ3v) is 3.55. The zero-order valence-corrected chi connectivity index (χ0v) is 12.7. The third-order valence-electron chi connectivity index (χ3n) is 2.60. The van der Waals surface area contributed by atoms with E-state index in [4.69, 9.17) is 14.2 Å². The molecule has 0 spiro atoms. The molecule has 0 unspecified atom stereocenters. The van der Waals surface area contributed by atoms with Gasteiger partial charge in [0.25, 0.3) is 0 Å². The van der Waals surface area contributed by atoms with Crippen LogP contribution in [0.2, 0.25) is 0 Å². The molecular weight excluding hydrogens is 278 g/mol. The number of fused-ring (bicyclic) bond motifs is 1. The first-order valence-electron chi connectivity index (χ1n) is 6.40. The summed E-state index contributed by atoms with van der Waals surface area (Å²) in [6.07, 6.45) is 0. The monoisotopic (exact) mass is 297 g/mol. The minimum absolute atomic E-state index is 0.452. The van der Waals surface area contributed by atoms with Crippen LogP contribution in [-0.4, -0.2) is 50.6 Å². The molecule has 0 amide bonds. The summed E-state index contributed by atoms with van der Waals surface area (Å²) >= 11 is 1.63. The molecule has 6 nitrogen and oxygen atoms in total. The van der Waals surface area contributed by atoms with Gasteiger partial charge in [-0.3, -0.25) is 0 Å². The maximum Gasteiger partial charge on any atom is 0.227 e. The molecule has 2 rings (SSSR count). The van der Waals surface area contributed by atoms with Crippen LogP contribution in [0.4, 0.5) is 5.95 Å². The molecule has 0 aromatic carbocycles. The normalized spacial score (nSPS) is 10.9. The maximum atomic E-state index is 5.71. The second-order valence-corrected chi connectivity index (χ2v) is 5.37. The van der Waals surface area contributed by atoms with Crippen LogP contribution in [0.5, 0.6) is 5.88 Å². The Morgan fingerprint density at radius 2 is 2.00 bits per heavy atom. The number of aromatic nitrogens is 2. The van der Waals surface area contributed by atoms with Crippen molar-refractivity contribution < 1.29 is 14.2 Å². The first-order chi connectivity index (χ1) is 9.74. The Labute approximate surface area is 122 Å². The summed E-state index contributed by atoms with van der Waals surface area (Å²) in [5, 5.41) is 3.89. The summed E-state index contributed by atoms with van der Waals surface area (Å²) in [6.45, 7) is 4.16. The van der Waals surface area contributed by atoms with Crippen molar-refractivity contribution in [3.05, 3.63) is 10.9 Å². The Morgan fingerprint density at radius 3 is 2.75 bits per heavy atom. The highest BCUT2D eigenvalue weighted by molar-refractivity contribution is 7.18. The molecule has 0 atom stereocenters. The highest BCUT2D eigenvalue weighted by Gasteiger charge is 2.11. The Morgan fingerprint density at radius 1 is 1.20 bits per heavy atom. The van der Waals surface area contributed by atoms with E-state index in [0.717, 1.165) is 10.2 Å². The molecule has 20 heavy (non-hydrogen) atoms. The molecule has 2 aromatic heterocycles. The van der Waals surface area contributed by atoms with Gasteiger partial charge in [0.15, 0.2) is 0 Å². The molecular formula is C13H19N3O3S. The first kappa shape index (κ1) is 15.0. The van der Waals surface area contributed by atoms with Gasteiger partial charge in [-0.25, -0.2) is 4.98 Å². The van der Waals surface area contributed by atoms with Gasteiger partial charge < -0.3 is 19.5 Å². The summed E-state index contributed by atoms with van der Waals surface area (Å²) in [7, 11) is 3.44. The average Bonchev–Trinajstić information content (AvgIpc) is 2.82. The van der Waals surface area contributed by atoms with Crippen molar-refractivity contribution in [2.75, 3.05) is 45.9 Å². The predicted octanol–water partition coefficient (Wildman–Crippen LogP) is 2.08. The fourth-order valence-electron chi connectivity index (χ4n) is 1.68. The molecule has 110 valence electrons. The Kier molecular flexibility index (Phi) is 5.51. The fraction of sp³-hybridized carbons (Fsp3) is 0.538. The highest BCUT2D eigenvalue weighted by atomic mass is 32.1. The molecule has 7 heteroatoms. The Bertz CT molecular complexity index is 559. The summed E-state index contributed by atoms with van der Waals surface area (Å²) in [4.78, 5) is 10.9. The number of aryl methyl sites for hydroxylation is 1. The van der Waals surface area contributed by atoms with Crippen molar-refractivity contribution >= 4 is 27.5 Å². The molecule has 0 aliphatic rings. The van der Waals surface area contributed by atoms with E-state index in [0.29, 0.717) is 38.3 Å². The minimum atomic E-state index is 0.452. The first-order valence-corrected chi connectivity index (χ1v) is 7.21. The van der Waals surface area contributed by atoms with Gasteiger partial charge in [0, 0.05) is 19.0 Å². The number of rotatable bonds is 8. The molecule has 1 N–H and O–H groups in total. The van der Waals surface area contributed by atoms with Crippen molar-refractivity contribution in [2.24, 2.45) is 0 Å². The van der Waals surface area contributed by atoms with Crippen LogP contribution in [0.3, 0.4) is 0 Å². The molecule has 0 aliphatic carbocycles. The van der Waals surface area contributed by atoms with Crippen LogP contribution >= 0.6 is 11.3 Å². The molecule has 0 fully saturated rings. The minimum Gasteiger partial charge on any atom is -0.475 e. The van der Waals surface area contributed by atoms with Crippen molar-refractivity contribution in [3.8, 4) is 5.88 Å². The largest absolute Gasteiger partial charge is 0.475 e. The van der Waals surface area contributed by atoms with E-state index in [1.165, 1.54) is 4.88 Å². The summed E-state index contributed by atoms with van der Waals surface area (Å²) in [5.74, 6) is 1.16. The van der Waals surface area contributed by atoms with E-state index in [9.17, 15) is 0 Å². The van der Waals surface area contributed by atoms with Crippen LogP contribution in [0.15, 0.2) is 6.07 Å². The van der Waals surface area contributed by atoms with Gasteiger partial charge in [-0.15, -0.1) is 11.3 Å². The van der Waals surface area contributed by atoms with Crippen molar-refractivity contribution in [3.63, 3.8) is 0 Å². The van der Waals surface area contributed by atoms with Crippen molar-refractivity contribution in [1.82, 2.24) is 9.97 Å². The van der Waals surface area contributed by atoms with Gasteiger partial charge in [-0.1, -0.05) is 0 Å². The second-order valence-electron chi connectivity index (χ2n) is 4.13. The molecule has 0 bridgehead atoms. The average molecular weight is 297 g/mol. The lowest BCUT2D eigenvalue weighted by molar-refractivity contribution is 0.0540. The lowest BCUT2D eigenvalue weighted by Gasteiger charge is -2.08. The predicted molar refractivity (Wildman–Crippen MR) is 79.9 cm³/mol. The number of anilines is 1. The number of methoxy groups -OCH3 is 1. The van der Waals surface area contributed by atoms with Gasteiger partial charge in [0.05, 0.1) is 25.2 Å². The quantitative estimate of drug-likeness (QED) is 0.753.